The van der Waals surface area contributed by atoms with Gasteiger partial charge in [0.25, 0.3) is 0 Å². The predicted molar refractivity (Wildman–Crippen MR) is 88.1 cm³/mol. The maximum Gasteiger partial charge on any atom is 0.377 e. The summed E-state index contributed by atoms with van der Waals surface area (Å²) in [6.45, 7) is 6.59. The summed E-state index contributed by atoms with van der Waals surface area (Å²) in [4.78, 5) is 0. The van der Waals surface area contributed by atoms with Crippen LogP contribution in [0.15, 0.2) is 60.7 Å². The average molecular weight is 279 g/mol. The normalized spacial score (nSPS) is 21.0. The first kappa shape index (κ1) is 14.4. The highest BCUT2D eigenvalue weighted by molar-refractivity contribution is 6.48. The number of nitrogens with one attached hydrogen (secondary N) is 1. The fraction of sp³-hybridized carbons (Fsp3) is 0.333. The minimum Gasteiger partial charge on any atom is -0.406 e. The van der Waals surface area contributed by atoms with E-state index in [0.29, 0.717) is 5.92 Å². The first-order valence-electron chi connectivity index (χ1n) is 7.69. The SMILES string of the molecule is CB1NC(C(C)C)C(c2ccccc2)(c2ccccc2)O1. The van der Waals surface area contributed by atoms with E-state index < -0.39 is 5.60 Å². The van der Waals surface area contributed by atoms with E-state index in [1.807, 2.05) is 0 Å². The van der Waals surface area contributed by atoms with Crippen molar-refractivity contribution >= 4 is 7.05 Å². The highest BCUT2D eigenvalue weighted by Gasteiger charge is 2.51. The Morgan fingerprint density at radius 1 is 0.952 bits per heavy atom. The van der Waals surface area contributed by atoms with Crippen LogP contribution in [0.3, 0.4) is 0 Å². The van der Waals surface area contributed by atoms with Crippen LogP contribution in [0, 0.1) is 5.92 Å². The molecule has 2 aromatic rings. The van der Waals surface area contributed by atoms with Crippen LogP contribution < -0.4 is 5.23 Å². The van der Waals surface area contributed by atoms with E-state index in [4.69, 9.17) is 4.65 Å². The number of benzene rings is 2. The molecule has 2 aromatic carbocycles. The Bertz CT molecular complexity index is 545. The zero-order valence-electron chi connectivity index (χ0n) is 12.9. The largest absolute Gasteiger partial charge is 0.406 e. The number of rotatable bonds is 3. The van der Waals surface area contributed by atoms with Crippen molar-refractivity contribution in [3.05, 3.63) is 71.8 Å². The van der Waals surface area contributed by atoms with Crippen molar-refractivity contribution in [1.82, 2.24) is 5.23 Å². The van der Waals surface area contributed by atoms with Gasteiger partial charge in [0.1, 0.15) is 5.60 Å². The Kier molecular flexibility index (Phi) is 3.88. The lowest BCUT2D eigenvalue weighted by Crippen LogP contribution is -2.46. The van der Waals surface area contributed by atoms with Gasteiger partial charge in [-0.3, -0.25) is 0 Å². The summed E-state index contributed by atoms with van der Waals surface area (Å²) in [7, 11) is 0.0396. The molecule has 1 N–H and O–H groups in total. The molecular weight excluding hydrogens is 257 g/mol. The Morgan fingerprint density at radius 2 is 1.43 bits per heavy atom. The Morgan fingerprint density at radius 3 is 1.86 bits per heavy atom. The molecule has 0 amide bonds. The van der Waals surface area contributed by atoms with Gasteiger partial charge >= 0.3 is 7.05 Å². The second-order valence-corrected chi connectivity index (χ2v) is 6.12. The smallest absolute Gasteiger partial charge is 0.377 e. The molecule has 1 atom stereocenters. The highest BCUT2D eigenvalue weighted by Crippen LogP contribution is 2.43. The summed E-state index contributed by atoms with van der Waals surface area (Å²) < 4.78 is 6.48. The van der Waals surface area contributed by atoms with E-state index in [1.165, 1.54) is 11.1 Å². The van der Waals surface area contributed by atoms with Gasteiger partial charge in [-0.05, 0) is 23.9 Å². The van der Waals surface area contributed by atoms with Crippen LogP contribution in [-0.2, 0) is 10.3 Å². The zero-order valence-corrected chi connectivity index (χ0v) is 12.9. The third kappa shape index (κ3) is 2.41. The second-order valence-electron chi connectivity index (χ2n) is 6.12. The molecule has 3 heteroatoms. The quantitative estimate of drug-likeness (QED) is 0.865. The van der Waals surface area contributed by atoms with E-state index in [2.05, 4.69) is 86.6 Å². The van der Waals surface area contributed by atoms with Crippen LogP contribution >= 0.6 is 0 Å². The molecule has 0 saturated carbocycles. The molecule has 1 unspecified atom stereocenters. The van der Waals surface area contributed by atoms with Gasteiger partial charge in [-0.25, -0.2) is 0 Å². The fourth-order valence-corrected chi connectivity index (χ4v) is 3.45. The molecule has 3 rings (SSSR count). The lowest BCUT2D eigenvalue weighted by Gasteiger charge is -2.38. The first-order valence-corrected chi connectivity index (χ1v) is 7.69. The monoisotopic (exact) mass is 279 g/mol. The summed E-state index contributed by atoms with van der Waals surface area (Å²) in [5.41, 5.74) is 2.01. The summed E-state index contributed by atoms with van der Waals surface area (Å²) in [5, 5.41) is 3.62. The topological polar surface area (TPSA) is 21.3 Å². The molecule has 1 heterocycles. The van der Waals surface area contributed by atoms with Gasteiger partial charge in [-0.2, -0.15) is 0 Å². The van der Waals surface area contributed by atoms with Crippen molar-refractivity contribution in [2.45, 2.75) is 32.3 Å². The molecule has 1 saturated heterocycles. The predicted octanol–water partition coefficient (Wildman–Crippen LogP) is 3.69. The summed E-state index contributed by atoms with van der Waals surface area (Å²) in [6, 6.07) is 21.4. The van der Waals surface area contributed by atoms with Gasteiger partial charge < -0.3 is 9.88 Å². The van der Waals surface area contributed by atoms with E-state index >= 15 is 0 Å². The maximum absolute atomic E-state index is 6.48. The third-order valence-corrected chi connectivity index (χ3v) is 4.29. The average Bonchev–Trinajstić information content (AvgIpc) is 2.88. The maximum atomic E-state index is 6.48. The van der Waals surface area contributed by atoms with Crippen molar-refractivity contribution < 1.29 is 4.65 Å². The fourth-order valence-electron chi connectivity index (χ4n) is 3.45. The van der Waals surface area contributed by atoms with Crippen LogP contribution in [0.5, 0.6) is 0 Å². The molecule has 0 aromatic heterocycles. The summed E-state index contributed by atoms with van der Waals surface area (Å²) in [6.07, 6.45) is 0. The Hall–Kier alpha value is -1.58. The van der Waals surface area contributed by atoms with Crippen LogP contribution in [-0.4, -0.2) is 13.1 Å². The molecule has 0 radical (unpaired) electrons. The molecule has 0 aliphatic carbocycles. The van der Waals surface area contributed by atoms with E-state index in [9.17, 15) is 0 Å². The summed E-state index contributed by atoms with van der Waals surface area (Å²) >= 11 is 0. The van der Waals surface area contributed by atoms with E-state index in [-0.39, 0.29) is 13.1 Å². The van der Waals surface area contributed by atoms with Crippen molar-refractivity contribution in [3.8, 4) is 0 Å². The van der Waals surface area contributed by atoms with Gasteiger partial charge in [-0.15, -0.1) is 0 Å². The van der Waals surface area contributed by atoms with Crippen LogP contribution in [0.2, 0.25) is 6.82 Å². The lowest BCUT2D eigenvalue weighted by molar-refractivity contribution is 0.0954. The van der Waals surface area contributed by atoms with Gasteiger partial charge in [0, 0.05) is 6.04 Å². The van der Waals surface area contributed by atoms with E-state index in [1.54, 1.807) is 0 Å². The van der Waals surface area contributed by atoms with Crippen molar-refractivity contribution in [1.29, 1.82) is 0 Å². The number of hydrogen-bond donors (Lipinski definition) is 1. The molecule has 1 aliphatic rings. The molecule has 1 aliphatic heterocycles. The molecule has 0 bridgehead atoms. The molecule has 1 fully saturated rings. The standard InChI is InChI=1S/C18H22BNO/c1-14(2)17-18(21-19(3)20-17,15-10-6-4-7-11-15)16-12-8-5-9-13-16/h4-14,17,20H,1-3H3. The second kappa shape index (κ2) is 5.66. The van der Waals surface area contributed by atoms with Gasteiger partial charge in [0.15, 0.2) is 0 Å². The van der Waals surface area contributed by atoms with Crippen LogP contribution in [0.4, 0.5) is 0 Å². The zero-order chi connectivity index (χ0) is 14.9. The summed E-state index contributed by atoms with van der Waals surface area (Å²) in [5.74, 6) is 0.468. The minimum absolute atomic E-state index is 0.0396. The van der Waals surface area contributed by atoms with Gasteiger partial charge in [0.05, 0.1) is 0 Å². The minimum atomic E-state index is -0.421. The van der Waals surface area contributed by atoms with Crippen molar-refractivity contribution in [2.24, 2.45) is 5.92 Å². The first-order chi connectivity index (χ1) is 10.1. The highest BCUT2D eigenvalue weighted by atomic mass is 16.5. The van der Waals surface area contributed by atoms with Crippen LogP contribution in [0.25, 0.3) is 0 Å². The van der Waals surface area contributed by atoms with Gasteiger partial charge in [-0.1, -0.05) is 74.5 Å². The molecular formula is C18H22BNO. The third-order valence-electron chi connectivity index (χ3n) is 4.29. The van der Waals surface area contributed by atoms with Crippen molar-refractivity contribution in [3.63, 3.8) is 0 Å². The van der Waals surface area contributed by atoms with Crippen LogP contribution in [0.1, 0.15) is 25.0 Å². The molecule has 21 heavy (non-hydrogen) atoms. The lowest BCUT2D eigenvalue weighted by atomic mass is 9.76. The van der Waals surface area contributed by atoms with Crippen molar-refractivity contribution in [2.75, 3.05) is 0 Å². The Balaban J connectivity index is 2.20. The molecule has 108 valence electrons. The molecule has 0 spiro atoms. The van der Waals surface area contributed by atoms with Gasteiger partial charge in [0.2, 0.25) is 0 Å². The Labute approximate surface area is 127 Å². The number of hydrogen-bond acceptors (Lipinski definition) is 2. The molecule has 2 nitrogen and oxygen atoms in total. The van der Waals surface area contributed by atoms with E-state index in [0.717, 1.165) is 0 Å².